The molecule has 0 saturated carbocycles. The topological polar surface area (TPSA) is 39.2 Å². The molecule has 1 aromatic heterocycles. The molecule has 0 N–H and O–H groups in total. The van der Waals surface area contributed by atoms with Crippen molar-refractivity contribution in [2.24, 2.45) is 0 Å². The second-order valence-corrected chi connectivity index (χ2v) is 3.06. The number of carbonyl (C=O) groups excluding carboxylic acids is 1. The van der Waals surface area contributed by atoms with E-state index in [-0.39, 0.29) is 0 Å². The summed E-state index contributed by atoms with van der Waals surface area (Å²) in [5, 5.41) is 0.473. The monoisotopic (exact) mass is 199 g/mol. The van der Waals surface area contributed by atoms with Gasteiger partial charge in [-0.2, -0.15) is 0 Å². The van der Waals surface area contributed by atoms with Crippen molar-refractivity contribution in [3.8, 4) is 0 Å². The summed E-state index contributed by atoms with van der Waals surface area (Å²) in [6.07, 6.45) is 0.597. The Labute approximate surface area is 81.7 Å². The minimum atomic E-state index is 0.344. The van der Waals surface area contributed by atoms with E-state index in [1.165, 1.54) is 0 Å². The van der Waals surface area contributed by atoms with Crippen molar-refractivity contribution in [2.75, 3.05) is 6.61 Å². The van der Waals surface area contributed by atoms with Crippen molar-refractivity contribution < 1.29 is 9.53 Å². The first-order valence-electron chi connectivity index (χ1n) is 3.90. The first kappa shape index (κ1) is 9.99. The molecule has 0 bridgehead atoms. The first-order valence-corrected chi connectivity index (χ1v) is 4.28. The van der Waals surface area contributed by atoms with Gasteiger partial charge in [0, 0.05) is 12.1 Å². The SMILES string of the molecule is Cc1cc(Cl)nc(CCOC=O)c1. The smallest absolute Gasteiger partial charge is 0.293 e. The molecule has 0 radical (unpaired) electrons. The number of hydrogen-bond acceptors (Lipinski definition) is 3. The Kier molecular flexibility index (Phi) is 3.71. The number of hydrogen-bond donors (Lipinski definition) is 0. The van der Waals surface area contributed by atoms with Crippen molar-refractivity contribution in [1.82, 2.24) is 4.98 Å². The fraction of sp³-hybridized carbons (Fsp3) is 0.333. The highest BCUT2D eigenvalue weighted by molar-refractivity contribution is 6.29. The minimum Gasteiger partial charge on any atom is -0.467 e. The van der Waals surface area contributed by atoms with Crippen LogP contribution >= 0.6 is 11.6 Å². The van der Waals surface area contributed by atoms with Crippen LogP contribution in [0.3, 0.4) is 0 Å². The van der Waals surface area contributed by atoms with Gasteiger partial charge in [0.1, 0.15) is 5.15 Å². The van der Waals surface area contributed by atoms with Crippen molar-refractivity contribution in [3.63, 3.8) is 0 Å². The van der Waals surface area contributed by atoms with E-state index < -0.39 is 0 Å². The molecule has 1 aromatic rings. The van der Waals surface area contributed by atoms with Crippen LogP contribution in [0.5, 0.6) is 0 Å². The zero-order valence-corrected chi connectivity index (χ0v) is 8.04. The van der Waals surface area contributed by atoms with E-state index in [9.17, 15) is 4.79 Å². The molecule has 0 aliphatic carbocycles. The molecule has 0 atom stereocenters. The average molecular weight is 200 g/mol. The van der Waals surface area contributed by atoms with Crippen LogP contribution in [0.25, 0.3) is 0 Å². The third-order valence-electron chi connectivity index (χ3n) is 1.54. The van der Waals surface area contributed by atoms with Gasteiger partial charge in [0.25, 0.3) is 6.47 Å². The van der Waals surface area contributed by atoms with E-state index in [2.05, 4.69) is 9.72 Å². The van der Waals surface area contributed by atoms with Gasteiger partial charge in [-0.05, 0) is 24.6 Å². The van der Waals surface area contributed by atoms with Gasteiger partial charge in [0.15, 0.2) is 0 Å². The summed E-state index contributed by atoms with van der Waals surface area (Å²) in [6, 6.07) is 3.70. The average Bonchev–Trinajstić information content (AvgIpc) is 2.03. The van der Waals surface area contributed by atoms with Gasteiger partial charge in [-0.25, -0.2) is 4.98 Å². The molecule has 1 rings (SSSR count). The third-order valence-corrected chi connectivity index (χ3v) is 1.73. The summed E-state index contributed by atoms with van der Waals surface area (Å²) in [5.74, 6) is 0. The van der Waals surface area contributed by atoms with Crippen LogP contribution in [0.2, 0.25) is 5.15 Å². The number of rotatable bonds is 4. The van der Waals surface area contributed by atoms with Gasteiger partial charge < -0.3 is 4.74 Å². The summed E-state index contributed by atoms with van der Waals surface area (Å²) in [4.78, 5) is 13.9. The highest BCUT2D eigenvalue weighted by Gasteiger charge is 1.98. The van der Waals surface area contributed by atoms with E-state index in [1.54, 1.807) is 6.07 Å². The lowest BCUT2D eigenvalue weighted by molar-refractivity contribution is -0.128. The molecule has 0 spiro atoms. The molecular formula is C9H10ClNO2. The Hall–Kier alpha value is -1.09. The van der Waals surface area contributed by atoms with Crippen LogP contribution in [0.4, 0.5) is 0 Å². The third kappa shape index (κ3) is 3.42. The number of halogens is 1. The van der Waals surface area contributed by atoms with Gasteiger partial charge >= 0.3 is 0 Å². The van der Waals surface area contributed by atoms with E-state index in [1.807, 2.05) is 13.0 Å². The van der Waals surface area contributed by atoms with Crippen LogP contribution in [0, 0.1) is 6.92 Å². The minimum absolute atomic E-state index is 0.344. The molecule has 0 unspecified atom stereocenters. The van der Waals surface area contributed by atoms with Gasteiger partial charge in [-0.1, -0.05) is 11.6 Å². The van der Waals surface area contributed by atoms with E-state index in [0.29, 0.717) is 24.7 Å². The molecule has 0 fully saturated rings. The first-order chi connectivity index (χ1) is 6.22. The molecule has 0 aromatic carbocycles. The fourth-order valence-electron chi connectivity index (χ4n) is 1.03. The summed E-state index contributed by atoms with van der Waals surface area (Å²) in [5.41, 5.74) is 1.90. The van der Waals surface area contributed by atoms with Gasteiger partial charge in [-0.3, -0.25) is 4.79 Å². The quantitative estimate of drug-likeness (QED) is 0.422. The Morgan fingerprint density at radius 2 is 2.38 bits per heavy atom. The molecule has 4 heteroatoms. The van der Waals surface area contributed by atoms with Crippen molar-refractivity contribution in [2.45, 2.75) is 13.3 Å². The summed E-state index contributed by atoms with van der Waals surface area (Å²) < 4.78 is 4.55. The maximum absolute atomic E-state index is 9.86. The molecule has 70 valence electrons. The summed E-state index contributed by atoms with van der Waals surface area (Å²) in [7, 11) is 0. The Balaban J connectivity index is 2.60. The number of aromatic nitrogens is 1. The molecule has 13 heavy (non-hydrogen) atoms. The highest BCUT2D eigenvalue weighted by atomic mass is 35.5. The van der Waals surface area contributed by atoms with Crippen LogP contribution in [0.15, 0.2) is 12.1 Å². The van der Waals surface area contributed by atoms with E-state index in [4.69, 9.17) is 11.6 Å². The van der Waals surface area contributed by atoms with E-state index in [0.717, 1.165) is 11.3 Å². The van der Waals surface area contributed by atoms with Gasteiger partial charge in [0.05, 0.1) is 6.61 Å². The number of ether oxygens (including phenoxy) is 1. The second-order valence-electron chi connectivity index (χ2n) is 2.68. The molecule has 0 saturated heterocycles. The van der Waals surface area contributed by atoms with Gasteiger partial charge in [0.2, 0.25) is 0 Å². The number of aryl methyl sites for hydroxylation is 1. The number of nitrogens with zero attached hydrogens (tertiary/aromatic N) is 1. The van der Waals surface area contributed by atoms with Crippen LogP contribution in [0.1, 0.15) is 11.3 Å². The van der Waals surface area contributed by atoms with Gasteiger partial charge in [-0.15, -0.1) is 0 Å². The lowest BCUT2D eigenvalue weighted by atomic mass is 10.2. The van der Waals surface area contributed by atoms with Crippen molar-refractivity contribution in [1.29, 1.82) is 0 Å². The standard InChI is InChI=1S/C9H10ClNO2/c1-7-4-8(2-3-13-6-12)11-9(10)5-7/h4-6H,2-3H2,1H3. The van der Waals surface area contributed by atoms with Crippen LogP contribution < -0.4 is 0 Å². The maximum Gasteiger partial charge on any atom is 0.293 e. The second kappa shape index (κ2) is 4.82. The van der Waals surface area contributed by atoms with E-state index >= 15 is 0 Å². The number of carbonyl (C=O) groups is 1. The predicted molar refractivity (Wildman–Crippen MR) is 49.7 cm³/mol. The lowest BCUT2D eigenvalue weighted by Crippen LogP contribution is -1.99. The molecule has 0 aliphatic rings. The lowest BCUT2D eigenvalue weighted by Gasteiger charge is -2.01. The Morgan fingerprint density at radius 3 is 3.00 bits per heavy atom. The Morgan fingerprint density at radius 1 is 1.62 bits per heavy atom. The summed E-state index contributed by atoms with van der Waals surface area (Å²) in [6.45, 7) is 2.71. The highest BCUT2D eigenvalue weighted by Crippen LogP contribution is 2.10. The van der Waals surface area contributed by atoms with Crippen molar-refractivity contribution in [3.05, 3.63) is 28.5 Å². The predicted octanol–water partition coefficient (Wildman–Crippen LogP) is 1.76. The Bertz CT molecular complexity index is 281. The van der Waals surface area contributed by atoms with Crippen LogP contribution in [-0.2, 0) is 16.0 Å². The maximum atomic E-state index is 9.86. The normalized spacial score (nSPS) is 9.69. The fourth-order valence-corrected chi connectivity index (χ4v) is 1.31. The molecule has 0 aliphatic heterocycles. The number of pyridine rings is 1. The van der Waals surface area contributed by atoms with Crippen molar-refractivity contribution >= 4 is 18.1 Å². The molecular weight excluding hydrogens is 190 g/mol. The molecule has 0 amide bonds. The summed E-state index contributed by atoms with van der Waals surface area (Å²) >= 11 is 5.74. The molecule has 1 heterocycles. The molecule has 3 nitrogen and oxygen atoms in total. The largest absolute Gasteiger partial charge is 0.467 e. The zero-order valence-electron chi connectivity index (χ0n) is 7.29. The zero-order chi connectivity index (χ0) is 9.68. The van der Waals surface area contributed by atoms with Crippen LogP contribution in [-0.4, -0.2) is 18.1 Å².